The van der Waals surface area contributed by atoms with Crippen LogP contribution in [0.1, 0.15) is 12.0 Å². The zero-order valence-electron chi connectivity index (χ0n) is 19.0. The molecule has 4 heterocycles. The van der Waals surface area contributed by atoms with Crippen molar-refractivity contribution in [2.45, 2.75) is 17.9 Å². The number of carbonyl (C=O) groups is 1. The molecule has 0 radical (unpaired) electrons. The van der Waals surface area contributed by atoms with Gasteiger partial charge in [0.2, 0.25) is 10.0 Å². The van der Waals surface area contributed by atoms with Crippen molar-refractivity contribution in [1.29, 1.82) is 0 Å². The fourth-order valence-corrected chi connectivity index (χ4v) is 6.19. The van der Waals surface area contributed by atoms with Crippen LogP contribution in [-0.2, 0) is 21.4 Å². The van der Waals surface area contributed by atoms with E-state index in [0.717, 1.165) is 24.4 Å². The summed E-state index contributed by atoms with van der Waals surface area (Å²) in [4.78, 5) is 21.8. The lowest BCUT2D eigenvalue weighted by atomic mass is 9.94. The highest BCUT2D eigenvalue weighted by atomic mass is 35.5. The Bertz CT molecular complexity index is 1210. The normalized spacial score (nSPS) is 22.6. The van der Waals surface area contributed by atoms with Crippen LogP contribution in [0.2, 0.25) is 5.02 Å². The van der Waals surface area contributed by atoms with Gasteiger partial charge in [-0.05, 0) is 43.3 Å². The number of halogens is 1. The first-order valence-corrected chi connectivity index (χ1v) is 13.2. The second-order valence-electron chi connectivity index (χ2n) is 8.98. The highest BCUT2D eigenvalue weighted by Crippen LogP contribution is 2.29. The van der Waals surface area contributed by atoms with Crippen molar-refractivity contribution in [1.82, 2.24) is 19.1 Å². The minimum absolute atomic E-state index is 0.111. The maximum absolute atomic E-state index is 13.0. The fourth-order valence-electron chi connectivity index (χ4n) is 4.61. The number of piperidine rings is 1. The van der Waals surface area contributed by atoms with E-state index in [2.05, 4.69) is 19.9 Å². The number of likely N-dealkylation sites (N-methyl/N-ethyl adjacent to an activating group) is 1. The third-order valence-corrected chi connectivity index (χ3v) is 8.71. The number of anilines is 1. The van der Waals surface area contributed by atoms with Gasteiger partial charge in [0.15, 0.2) is 5.82 Å². The number of nitrogens with zero attached hydrogens (tertiary/aromatic N) is 6. The molecule has 5 rings (SSSR count). The third-order valence-electron chi connectivity index (χ3n) is 6.59. The molecule has 0 saturated carbocycles. The zero-order valence-corrected chi connectivity index (χ0v) is 20.5. The molecule has 2 fully saturated rings. The largest absolute Gasteiger partial charge is 0.304 e. The molecular formula is C23H27ClN6O3S. The first kappa shape index (κ1) is 23.4. The van der Waals surface area contributed by atoms with Crippen molar-refractivity contribution in [3.63, 3.8) is 0 Å². The molecule has 1 amide bonds. The molecule has 0 aliphatic carbocycles. The van der Waals surface area contributed by atoms with Gasteiger partial charge in [0, 0.05) is 57.0 Å². The highest BCUT2D eigenvalue weighted by Gasteiger charge is 2.40. The van der Waals surface area contributed by atoms with Crippen LogP contribution in [0.15, 0.2) is 52.6 Å². The summed E-state index contributed by atoms with van der Waals surface area (Å²) in [7, 11) is -1.64. The van der Waals surface area contributed by atoms with Gasteiger partial charge in [-0.3, -0.25) is 9.69 Å². The monoisotopic (exact) mass is 502 g/mol. The molecule has 34 heavy (non-hydrogen) atoms. The fraction of sp³-hybridized carbons (Fsp3) is 0.435. The summed E-state index contributed by atoms with van der Waals surface area (Å²) < 4.78 is 27.4. The number of hydrazone groups is 1. The van der Waals surface area contributed by atoms with Crippen molar-refractivity contribution in [3.05, 3.63) is 53.2 Å². The third kappa shape index (κ3) is 4.60. The predicted molar refractivity (Wildman–Crippen MR) is 130 cm³/mol. The summed E-state index contributed by atoms with van der Waals surface area (Å²) in [5.74, 6) is -0.0311. The lowest BCUT2D eigenvalue weighted by Gasteiger charge is -2.31. The van der Waals surface area contributed by atoms with Gasteiger partial charge in [-0.2, -0.15) is 14.4 Å². The van der Waals surface area contributed by atoms with E-state index in [0.29, 0.717) is 50.0 Å². The Balaban J connectivity index is 1.29. The van der Waals surface area contributed by atoms with E-state index in [1.807, 2.05) is 31.3 Å². The Labute approximate surface area is 204 Å². The topological polar surface area (TPSA) is 89.4 Å². The second kappa shape index (κ2) is 9.35. The van der Waals surface area contributed by atoms with Gasteiger partial charge in [-0.1, -0.05) is 23.7 Å². The highest BCUT2D eigenvalue weighted by molar-refractivity contribution is 7.89. The quantitative estimate of drug-likeness (QED) is 0.620. The molecule has 180 valence electrons. The van der Waals surface area contributed by atoms with Crippen LogP contribution in [-0.4, -0.2) is 85.4 Å². The number of likely N-dealkylation sites (tertiary alicyclic amines) is 1. The van der Waals surface area contributed by atoms with Crippen molar-refractivity contribution in [3.8, 4) is 0 Å². The summed E-state index contributed by atoms with van der Waals surface area (Å²) in [6, 6.07) is 10.8. The van der Waals surface area contributed by atoms with E-state index in [9.17, 15) is 13.2 Å². The molecule has 3 aliphatic heterocycles. The van der Waals surface area contributed by atoms with Crippen LogP contribution in [0.5, 0.6) is 0 Å². The van der Waals surface area contributed by atoms with Crippen molar-refractivity contribution < 1.29 is 13.2 Å². The maximum Gasteiger partial charge on any atom is 0.257 e. The van der Waals surface area contributed by atoms with Gasteiger partial charge in [0.1, 0.15) is 4.90 Å². The smallest absolute Gasteiger partial charge is 0.257 e. The molecule has 11 heteroatoms. The molecule has 1 aromatic carbocycles. The Hall–Kier alpha value is -2.37. The Morgan fingerprint density at radius 2 is 1.88 bits per heavy atom. The van der Waals surface area contributed by atoms with Gasteiger partial charge in [0.05, 0.1) is 11.6 Å². The number of sulfonamides is 1. The number of piperazine rings is 1. The van der Waals surface area contributed by atoms with Crippen LogP contribution >= 0.6 is 11.6 Å². The number of fused-ring (bicyclic) bond motifs is 1. The van der Waals surface area contributed by atoms with E-state index < -0.39 is 10.0 Å². The van der Waals surface area contributed by atoms with Gasteiger partial charge < -0.3 is 4.90 Å². The average Bonchev–Trinajstić information content (AvgIpc) is 3.15. The van der Waals surface area contributed by atoms with Crippen LogP contribution in [0, 0.1) is 5.92 Å². The van der Waals surface area contributed by atoms with Crippen LogP contribution in [0.3, 0.4) is 0 Å². The van der Waals surface area contributed by atoms with E-state index in [-0.39, 0.29) is 16.7 Å². The number of aromatic nitrogens is 1. The predicted octanol–water partition coefficient (Wildman–Crippen LogP) is 1.90. The molecule has 9 nitrogen and oxygen atoms in total. The Morgan fingerprint density at radius 1 is 1.09 bits per heavy atom. The van der Waals surface area contributed by atoms with E-state index in [1.165, 1.54) is 21.6 Å². The SMILES string of the molecule is CN1CCN(S(=O)(=O)c2ccc(N3N=C4CN(Cc5cccc(Cl)c5)CCC4C3=O)nc2)CC1. The lowest BCUT2D eigenvalue weighted by molar-refractivity contribution is -0.120. The lowest BCUT2D eigenvalue weighted by Crippen LogP contribution is -2.47. The van der Waals surface area contributed by atoms with Crippen LogP contribution in [0.4, 0.5) is 5.82 Å². The van der Waals surface area contributed by atoms with Gasteiger partial charge in [0.25, 0.3) is 5.91 Å². The van der Waals surface area contributed by atoms with Crippen molar-refractivity contribution in [2.75, 3.05) is 51.3 Å². The van der Waals surface area contributed by atoms with Crippen LogP contribution < -0.4 is 5.01 Å². The first-order valence-electron chi connectivity index (χ1n) is 11.3. The molecule has 1 aromatic heterocycles. The average molecular weight is 503 g/mol. The minimum atomic E-state index is -3.61. The molecule has 2 saturated heterocycles. The maximum atomic E-state index is 13.0. The number of hydrogen-bond donors (Lipinski definition) is 0. The van der Waals surface area contributed by atoms with Gasteiger partial charge in [-0.25, -0.2) is 13.4 Å². The number of amides is 1. The minimum Gasteiger partial charge on any atom is -0.304 e. The molecule has 1 atom stereocenters. The van der Waals surface area contributed by atoms with Gasteiger partial charge in [-0.15, -0.1) is 0 Å². The Morgan fingerprint density at radius 3 is 2.59 bits per heavy atom. The summed E-state index contributed by atoms with van der Waals surface area (Å²) in [6.45, 7) is 4.40. The zero-order chi connectivity index (χ0) is 23.9. The molecular weight excluding hydrogens is 476 g/mol. The molecule has 0 spiro atoms. The molecule has 0 bridgehead atoms. The summed E-state index contributed by atoms with van der Waals surface area (Å²) in [6.07, 6.45) is 2.01. The van der Waals surface area contributed by atoms with Crippen molar-refractivity contribution in [2.24, 2.45) is 11.0 Å². The van der Waals surface area contributed by atoms with Gasteiger partial charge >= 0.3 is 0 Å². The molecule has 0 N–H and O–H groups in total. The number of benzene rings is 1. The summed E-state index contributed by atoms with van der Waals surface area (Å²) >= 11 is 6.10. The van der Waals surface area contributed by atoms with Crippen molar-refractivity contribution >= 4 is 39.1 Å². The van der Waals surface area contributed by atoms with E-state index in [1.54, 1.807) is 6.07 Å². The van der Waals surface area contributed by atoms with Crippen LogP contribution in [0.25, 0.3) is 0 Å². The summed E-state index contributed by atoms with van der Waals surface area (Å²) in [5.41, 5.74) is 1.93. The molecule has 2 aromatic rings. The second-order valence-corrected chi connectivity index (χ2v) is 11.4. The first-order chi connectivity index (χ1) is 16.3. The number of hydrogen-bond acceptors (Lipinski definition) is 7. The number of rotatable bonds is 5. The standard InChI is InChI=1S/C23H27ClN6O3S/c1-27-9-11-29(12-10-27)34(32,33)19-5-6-22(25-14-19)30-23(31)20-7-8-28(16-21(20)26-30)15-17-3-2-4-18(24)13-17/h2-6,13-14,20H,7-12,15-16H2,1H3. The molecule has 1 unspecified atom stereocenters. The number of pyridine rings is 1. The molecule has 3 aliphatic rings. The summed E-state index contributed by atoms with van der Waals surface area (Å²) in [5, 5.41) is 6.58. The Kier molecular flexibility index (Phi) is 6.43. The van der Waals surface area contributed by atoms with E-state index in [4.69, 9.17) is 11.6 Å². The van der Waals surface area contributed by atoms with E-state index >= 15 is 0 Å². The number of carbonyl (C=O) groups excluding carboxylic acids is 1.